The van der Waals surface area contributed by atoms with E-state index in [9.17, 15) is 9.90 Å². The first-order valence-corrected chi connectivity index (χ1v) is 13.5. The first-order chi connectivity index (χ1) is 14.3. The third-order valence-electron chi connectivity index (χ3n) is 13.4. The molecule has 0 aromatic heterocycles. The Morgan fingerprint density at radius 3 is 2.13 bits per heavy atom. The SMILES string of the molecule is CC(=O)[C@@H]1CC[C@]2(C)CC[C@]3(C)[C@@H](CC[C@@H]4[C@@]5(C)CC[C@@H](O)C(C)(C)[C@H]5CC[C@]43C)[C@@H]12. The maximum atomic E-state index is 12.7. The monoisotopic (exact) mass is 428 g/mol. The molecule has 0 saturated heterocycles. The van der Waals surface area contributed by atoms with Crippen molar-refractivity contribution in [3.8, 4) is 0 Å². The summed E-state index contributed by atoms with van der Waals surface area (Å²) in [5, 5.41) is 10.9. The molecule has 0 spiro atoms. The fourth-order valence-electron chi connectivity index (χ4n) is 11.4. The number of aliphatic hydroxyl groups excluding tert-OH is 1. The molecule has 0 aromatic rings. The van der Waals surface area contributed by atoms with Crippen molar-refractivity contribution in [2.45, 2.75) is 119 Å². The molecule has 2 nitrogen and oxygen atoms in total. The largest absolute Gasteiger partial charge is 0.393 e. The molecule has 0 aliphatic heterocycles. The molecule has 1 N–H and O–H groups in total. The standard InChI is InChI=1S/C29H48O2/c1-18(30)19-10-13-26(4)16-17-28(6)20(24(19)26)8-9-22-27(5)14-12-23(31)25(2,3)21(27)11-15-29(22,28)7/h19-24,31H,8-17H2,1-7H3/t19-,20-,21+,22+,23+,24+,26+,27-,28+,29+/m0/s1. The highest BCUT2D eigenvalue weighted by atomic mass is 16.3. The number of ketones is 1. The Bertz CT molecular complexity index is 771. The van der Waals surface area contributed by atoms with Crippen molar-refractivity contribution in [1.82, 2.24) is 0 Å². The fourth-order valence-corrected chi connectivity index (χ4v) is 11.4. The number of carbonyl (C=O) groups is 1. The van der Waals surface area contributed by atoms with Crippen LogP contribution in [0.2, 0.25) is 0 Å². The molecule has 0 heterocycles. The predicted octanol–water partition coefficient (Wildman–Crippen LogP) is 7.04. The molecule has 0 unspecified atom stereocenters. The van der Waals surface area contributed by atoms with E-state index < -0.39 is 0 Å². The predicted molar refractivity (Wildman–Crippen MR) is 127 cm³/mol. The molecule has 31 heavy (non-hydrogen) atoms. The van der Waals surface area contributed by atoms with Crippen molar-refractivity contribution < 1.29 is 9.90 Å². The number of hydrogen-bond acceptors (Lipinski definition) is 2. The van der Waals surface area contributed by atoms with Gasteiger partial charge in [-0.25, -0.2) is 0 Å². The molecule has 0 radical (unpaired) electrons. The zero-order valence-electron chi connectivity index (χ0n) is 21.4. The molecule has 176 valence electrons. The van der Waals surface area contributed by atoms with Gasteiger partial charge in [0.05, 0.1) is 6.10 Å². The molecule has 5 saturated carbocycles. The summed E-state index contributed by atoms with van der Waals surface area (Å²) >= 11 is 0. The Morgan fingerprint density at radius 2 is 1.45 bits per heavy atom. The molecule has 5 rings (SSSR count). The zero-order chi connectivity index (χ0) is 22.6. The van der Waals surface area contributed by atoms with Crippen LogP contribution in [0, 0.1) is 56.7 Å². The number of carbonyl (C=O) groups excluding carboxylic acids is 1. The van der Waals surface area contributed by atoms with E-state index in [4.69, 9.17) is 0 Å². The highest BCUT2D eigenvalue weighted by Crippen LogP contribution is 2.77. The van der Waals surface area contributed by atoms with Gasteiger partial charge in [0, 0.05) is 5.92 Å². The molecule has 0 aromatic carbocycles. The first-order valence-electron chi connectivity index (χ1n) is 13.5. The van der Waals surface area contributed by atoms with E-state index in [1.165, 1.54) is 51.4 Å². The molecule has 5 fully saturated rings. The highest BCUT2D eigenvalue weighted by molar-refractivity contribution is 5.79. The van der Waals surface area contributed by atoms with Crippen molar-refractivity contribution in [2.24, 2.45) is 56.7 Å². The Morgan fingerprint density at radius 1 is 0.742 bits per heavy atom. The van der Waals surface area contributed by atoms with E-state index in [0.717, 1.165) is 18.8 Å². The molecular formula is C29H48O2. The van der Waals surface area contributed by atoms with Gasteiger partial charge in [-0.2, -0.15) is 0 Å². The van der Waals surface area contributed by atoms with Crippen LogP contribution in [0.3, 0.4) is 0 Å². The quantitative estimate of drug-likeness (QED) is 0.486. The highest BCUT2D eigenvalue weighted by Gasteiger charge is 2.70. The third kappa shape index (κ3) is 2.64. The van der Waals surface area contributed by atoms with Crippen molar-refractivity contribution in [3.63, 3.8) is 0 Å². The fraction of sp³-hybridized carbons (Fsp3) is 0.966. The lowest BCUT2D eigenvalue weighted by atomic mass is 9.32. The lowest BCUT2D eigenvalue weighted by molar-refractivity contribution is -0.246. The van der Waals surface area contributed by atoms with Crippen LogP contribution >= 0.6 is 0 Å². The summed E-state index contributed by atoms with van der Waals surface area (Å²) in [4.78, 5) is 12.7. The summed E-state index contributed by atoms with van der Waals surface area (Å²) in [6.45, 7) is 17.0. The Kier molecular flexibility index (Phi) is 4.78. The normalized spacial score (nSPS) is 57.9. The van der Waals surface area contributed by atoms with E-state index in [2.05, 4.69) is 41.5 Å². The van der Waals surface area contributed by atoms with Gasteiger partial charge in [-0.3, -0.25) is 4.79 Å². The molecule has 5 aliphatic carbocycles. The van der Waals surface area contributed by atoms with E-state index in [1.807, 2.05) is 6.92 Å². The number of Topliss-reactive ketones (excluding diaryl/α,β-unsaturated/α-hetero) is 1. The lowest BCUT2D eigenvalue weighted by Crippen LogP contribution is -2.66. The van der Waals surface area contributed by atoms with Crippen LogP contribution in [-0.2, 0) is 4.79 Å². The van der Waals surface area contributed by atoms with Gasteiger partial charge in [-0.1, -0.05) is 41.5 Å². The van der Waals surface area contributed by atoms with E-state index in [0.29, 0.717) is 51.1 Å². The zero-order valence-corrected chi connectivity index (χ0v) is 21.4. The Hall–Kier alpha value is -0.370. The minimum atomic E-state index is -0.146. The van der Waals surface area contributed by atoms with Gasteiger partial charge < -0.3 is 5.11 Å². The summed E-state index contributed by atoms with van der Waals surface area (Å²) < 4.78 is 0. The van der Waals surface area contributed by atoms with Crippen LogP contribution in [0.1, 0.15) is 113 Å². The third-order valence-corrected chi connectivity index (χ3v) is 13.4. The summed E-state index contributed by atoms with van der Waals surface area (Å²) in [6, 6.07) is 0. The summed E-state index contributed by atoms with van der Waals surface area (Å²) in [5.74, 6) is 3.48. The second-order valence-electron chi connectivity index (χ2n) is 14.5. The molecule has 0 bridgehead atoms. The van der Waals surface area contributed by atoms with E-state index >= 15 is 0 Å². The number of hydrogen-bond donors (Lipinski definition) is 1. The van der Waals surface area contributed by atoms with E-state index in [1.54, 1.807) is 0 Å². The van der Waals surface area contributed by atoms with Crippen LogP contribution in [0.15, 0.2) is 0 Å². The van der Waals surface area contributed by atoms with Gasteiger partial charge in [0.2, 0.25) is 0 Å². The van der Waals surface area contributed by atoms with Gasteiger partial charge in [0.1, 0.15) is 5.78 Å². The second-order valence-corrected chi connectivity index (χ2v) is 14.5. The van der Waals surface area contributed by atoms with Crippen molar-refractivity contribution in [1.29, 1.82) is 0 Å². The molecule has 5 aliphatic rings. The number of aliphatic hydroxyl groups is 1. The van der Waals surface area contributed by atoms with Crippen molar-refractivity contribution in [2.75, 3.05) is 0 Å². The van der Waals surface area contributed by atoms with Gasteiger partial charge in [-0.15, -0.1) is 0 Å². The molecular weight excluding hydrogens is 380 g/mol. The average Bonchev–Trinajstić information content (AvgIpc) is 3.04. The Labute approximate surface area is 191 Å². The van der Waals surface area contributed by atoms with Crippen LogP contribution in [0.25, 0.3) is 0 Å². The van der Waals surface area contributed by atoms with Crippen LogP contribution in [0.4, 0.5) is 0 Å². The smallest absolute Gasteiger partial charge is 0.133 e. The maximum absolute atomic E-state index is 12.7. The van der Waals surface area contributed by atoms with Crippen LogP contribution in [0.5, 0.6) is 0 Å². The van der Waals surface area contributed by atoms with Gasteiger partial charge in [-0.05, 0) is 122 Å². The lowest BCUT2D eigenvalue weighted by Gasteiger charge is -2.72. The number of fused-ring (bicyclic) bond motifs is 7. The van der Waals surface area contributed by atoms with Crippen molar-refractivity contribution >= 4 is 5.78 Å². The maximum Gasteiger partial charge on any atom is 0.133 e. The topological polar surface area (TPSA) is 37.3 Å². The molecule has 0 amide bonds. The van der Waals surface area contributed by atoms with Crippen molar-refractivity contribution in [3.05, 3.63) is 0 Å². The summed E-state index contributed by atoms with van der Waals surface area (Å²) in [7, 11) is 0. The minimum absolute atomic E-state index is 0.0302. The summed E-state index contributed by atoms with van der Waals surface area (Å²) in [6.07, 6.45) is 12.3. The van der Waals surface area contributed by atoms with Gasteiger partial charge in [0.15, 0.2) is 0 Å². The van der Waals surface area contributed by atoms with E-state index in [-0.39, 0.29) is 11.5 Å². The van der Waals surface area contributed by atoms with Crippen LogP contribution < -0.4 is 0 Å². The molecule has 10 atom stereocenters. The number of rotatable bonds is 1. The molecule has 2 heteroatoms. The minimum Gasteiger partial charge on any atom is -0.393 e. The van der Waals surface area contributed by atoms with Gasteiger partial charge >= 0.3 is 0 Å². The average molecular weight is 429 g/mol. The van der Waals surface area contributed by atoms with Crippen LogP contribution in [-0.4, -0.2) is 17.0 Å². The Balaban J connectivity index is 1.54. The van der Waals surface area contributed by atoms with Gasteiger partial charge in [0.25, 0.3) is 0 Å². The first kappa shape index (κ1) is 22.4. The summed E-state index contributed by atoms with van der Waals surface area (Å²) in [5.41, 5.74) is 1.49. The second kappa shape index (κ2) is 6.61.